The lowest BCUT2D eigenvalue weighted by Gasteiger charge is -2.11. The smallest absolute Gasteiger partial charge is 0.270 e. The summed E-state index contributed by atoms with van der Waals surface area (Å²) in [4.78, 5) is 10.1. The minimum atomic E-state index is -3.60. The summed E-state index contributed by atoms with van der Waals surface area (Å²) in [5, 5.41) is 18.2. The predicted octanol–water partition coefficient (Wildman–Crippen LogP) is 1.96. The van der Waals surface area contributed by atoms with E-state index in [0.29, 0.717) is 12.2 Å². The van der Waals surface area contributed by atoms with Crippen molar-refractivity contribution >= 4 is 21.2 Å². The van der Waals surface area contributed by atoms with Crippen molar-refractivity contribution in [1.29, 1.82) is 0 Å². The van der Waals surface area contributed by atoms with Gasteiger partial charge in [-0.2, -0.15) is 5.10 Å². The molecule has 23 heavy (non-hydrogen) atoms. The molecule has 0 atom stereocenters. The number of nitro benzene ring substituents is 1. The van der Waals surface area contributed by atoms with E-state index in [1.165, 1.54) is 12.1 Å². The van der Waals surface area contributed by atoms with Crippen molar-refractivity contribution in [3.05, 3.63) is 45.3 Å². The minimum Gasteiger partial charge on any atom is -0.380 e. The zero-order valence-corrected chi connectivity index (χ0v) is 14.1. The van der Waals surface area contributed by atoms with Gasteiger partial charge in [-0.05, 0) is 19.9 Å². The monoisotopic (exact) mass is 338 g/mol. The highest BCUT2D eigenvalue weighted by molar-refractivity contribution is 7.90. The van der Waals surface area contributed by atoms with Gasteiger partial charge in [-0.3, -0.25) is 14.8 Å². The van der Waals surface area contributed by atoms with Gasteiger partial charge in [0.1, 0.15) is 0 Å². The third-order valence-corrected chi connectivity index (χ3v) is 4.83. The lowest BCUT2D eigenvalue weighted by Crippen LogP contribution is -2.08. The number of nitrogens with one attached hydrogen (secondary N) is 1. The summed E-state index contributed by atoms with van der Waals surface area (Å²) in [6.45, 7) is 4.17. The van der Waals surface area contributed by atoms with Crippen molar-refractivity contribution in [1.82, 2.24) is 9.78 Å². The van der Waals surface area contributed by atoms with Gasteiger partial charge in [-0.1, -0.05) is 0 Å². The van der Waals surface area contributed by atoms with Crippen LogP contribution in [-0.2, 0) is 23.4 Å². The van der Waals surface area contributed by atoms with Crippen LogP contribution in [0.4, 0.5) is 11.4 Å². The molecule has 9 heteroatoms. The van der Waals surface area contributed by atoms with E-state index in [2.05, 4.69) is 10.4 Å². The van der Waals surface area contributed by atoms with Crippen LogP contribution in [0.1, 0.15) is 17.0 Å². The lowest BCUT2D eigenvalue weighted by atomic mass is 10.2. The second kappa shape index (κ2) is 5.99. The summed E-state index contributed by atoms with van der Waals surface area (Å²) in [5.41, 5.74) is 2.86. The maximum absolute atomic E-state index is 11.9. The number of aromatic nitrogens is 2. The quantitative estimate of drug-likeness (QED) is 0.659. The summed E-state index contributed by atoms with van der Waals surface area (Å²) >= 11 is 0. The van der Waals surface area contributed by atoms with Crippen LogP contribution in [0.15, 0.2) is 23.1 Å². The Morgan fingerprint density at radius 2 is 2.00 bits per heavy atom. The number of hydrogen-bond acceptors (Lipinski definition) is 6. The molecule has 0 saturated carbocycles. The number of rotatable bonds is 5. The number of sulfone groups is 1. The maximum Gasteiger partial charge on any atom is 0.270 e. The molecule has 1 heterocycles. The van der Waals surface area contributed by atoms with Crippen LogP contribution in [0.25, 0.3) is 0 Å². The van der Waals surface area contributed by atoms with E-state index in [1.807, 2.05) is 20.9 Å². The van der Waals surface area contributed by atoms with Crippen LogP contribution < -0.4 is 5.32 Å². The Morgan fingerprint density at radius 3 is 2.48 bits per heavy atom. The molecule has 8 nitrogen and oxygen atoms in total. The molecular formula is C14H18N4O4S. The molecule has 0 amide bonds. The Kier molecular flexibility index (Phi) is 4.42. The average molecular weight is 338 g/mol. The van der Waals surface area contributed by atoms with E-state index in [0.717, 1.165) is 29.3 Å². The second-order valence-corrected chi connectivity index (χ2v) is 7.32. The Balaban J connectivity index is 2.38. The highest BCUT2D eigenvalue weighted by atomic mass is 32.2. The number of anilines is 1. The molecule has 1 N–H and O–H groups in total. The number of hydrogen-bond donors (Lipinski definition) is 1. The van der Waals surface area contributed by atoms with Gasteiger partial charge in [0, 0.05) is 43.2 Å². The molecule has 124 valence electrons. The van der Waals surface area contributed by atoms with Gasteiger partial charge in [0.2, 0.25) is 0 Å². The number of aryl methyl sites for hydroxylation is 2. The fourth-order valence-corrected chi connectivity index (χ4v) is 3.21. The fourth-order valence-electron chi connectivity index (χ4n) is 2.33. The molecule has 2 rings (SSSR count). The van der Waals surface area contributed by atoms with Crippen LogP contribution in [0.3, 0.4) is 0 Å². The number of non-ortho nitro benzene ring substituents is 1. The summed E-state index contributed by atoms with van der Waals surface area (Å²) in [5.74, 6) is 0. The highest BCUT2D eigenvalue weighted by Gasteiger charge is 2.19. The van der Waals surface area contributed by atoms with Crippen molar-refractivity contribution in [2.45, 2.75) is 25.3 Å². The van der Waals surface area contributed by atoms with E-state index in [-0.39, 0.29) is 10.6 Å². The van der Waals surface area contributed by atoms with Crippen LogP contribution in [0.2, 0.25) is 0 Å². The molecule has 0 aliphatic carbocycles. The zero-order chi connectivity index (χ0) is 17.4. The molecule has 0 spiro atoms. The summed E-state index contributed by atoms with van der Waals surface area (Å²) in [6.07, 6.45) is 1.03. The number of benzene rings is 1. The first-order chi connectivity index (χ1) is 10.6. The molecular weight excluding hydrogens is 320 g/mol. The normalized spacial score (nSPS) is 11.5. The van der Waals surface area contributed by atoms with Crippen molar-refractivity contribution in [3.8, 4) is 0 Å². The lowest BCUT2D eigenvalue weighted by molar-refractivity contribution is -0.385. The first kappa shape index (κ1) is 16.9. The third-order valence-electron chi connectivity index (χ3n) is 3.69. The molecule has 0 fully saturated rings. The van der Waals surface area contributed by atoms with Gasteiger partial charge in [0.05, 0.1) is 21.2 Å². The first-order valence-corrected chi connectivity index (χ1v) is 8.72. The van der Waals surface area contributed by atoms with Gasteiger partial charge >= 0.3 is 0 Å². The van der Waals surface area contributed by atoms with Crippen molar-refractivity contribution in [3.63, 3.8) is 0 Å². The average Bonchev–Trinajstić information content (AvgIpc) is 2.69. The van der Waals surface area contributed by atoms with Gasteiger partial charge in [-0.15, -0.1) is 0 Å². The van der Waals surface area contributed by atoms with Gasteiger partial charge < -0.3 is 5.32 Å². The SMILES string of the molecule is Cc1nn(C)c(C)c1CNc1ccc([N+](=O)[O-])cc1S(C)(=O)=O. The summed E-state index contributed by atoms with van der Waals surface area (Å²) in [7, 11) is -1.76. The van der Waals surface area contributed by atoms with Crippen LogP contribution >= 0.6 is 0 Å². The topological polar surface area (TPSA) is 107 Å². The fraction of sp³-hybridized carbons (Fsp3) is 0.357. The third kappa shape index (κ3) is 3.50. The van der Waals surface area contributed by atoms with E-state index < -0.39 is 14.8 Å². The summed E-state index contributed by atoms with van der Waals surface area (Å²) < 4.78 is 25.5. The molecule has 0 aliphatic rings. The molecule has 0 saturated heterocycles. The Morgan fingerprint density at radius 1 is 1.35 bits per heavy atom. The van der Waals surface area contributed by atoms with E-state index in [1.54, 1.807) is 4.68 Å². The van der Waals surface area contributed by atoms with Crippen molar-refractivity contribution in [2.24, 2.45) is 7.05 Å². The highest BCUT2D eigenvalue weighted by Crippen LogP contribution is 2.27. The van der Waals surface area contributed by atoms with Crippen LogP contribution in [0, 0.1) is 24.0 Å². The second-order valence-electron chi connectivity index (χ2n) is 5.34. The minimum absolute atomic E-state index is 0.0918. The van der Waals surface area contributed by atoms with Crippen molar-refractivity contribution < 1.29 is 13.3 Å². The van der Waals surface area contributed by atoms with Gasteiger partial charge in [0.25, 0.3) is 5.69 Å². The molecule has 0 unspecified atom stereocenters. The summed E-state index contributed by atoms with van der Waals surface area (Å²) in [6, 6.07) is 3.76. The van der Waals surface area contributed by atoms with Gasteiger partial charge in [0.15, 0.2) is 9.84 Å². The Bertz CT molecular complexity index is 871. The molecule has 1 aromatic heterocycles. The van der Waals surface area contributed by atoms with E-state index in [4.69, 9.17) is 0 Å². The molecule has 0 bridgehead atoms. The molecule has 1 aromatic carbocycles. The van der Waals surface area contributed by atoms with E-state index in [9.17, 15) is 18.5 Å². The zero-order valence-electron chi connectivity index (χ0n) is 13.3. The first-order valence-electron chi connectivity index (χ1n) is 6.82. The predicted molar refractivity (Wildman–Crippen MR) is 86.2 cm³/mol. The molecule has 0 radical (unpaired) electrons. The van der Waals surface area contributed by atoms with Crippen molar-refractivity contribution in [2.75, 3.05) is 11.6 Å². The Labute approximate surface area is 134 Å². The number of nitro groups is 1. The largest absolute Gasteiger partial charge is 0.380 e. The molecule has 0 aliphatic heterocycles. The molecule has 2 aromatic rings. The Hall–Kier alpha value is -2.42. The maximum atomic E-state index is 11.9. The van der Waals surface area contributed by atoms with Gasteiger partial charge in [-0.25, -0.2) is 8.42 Å². The van der Waals surface area contributed by atoms with Crippen LogP contribution in [-0.4, -0.2) is 29.4 Å². The van der Waals surface area contributed by atoms with E-state index >= 15 is 0 Å². The number of nitrogens with zero attached hydrogens (tertiary/aromatic N) is 3. The van der Waals surface area contributed by atoms with Crippen LogP contribution in [0.5, 0.6) is 0 Å². The standard InChI is InChI=1S/C14H18N4O4S/c1-9-12(10(2)17(3)16-9)8-15-13-6-5-11(18(19)20)7-14(13)23(4,21)22/h5-7,15H,8H2,1-4H3.